The van der Waals surface area contributed by atoms with Crippen LogP contribution in [0.25, 0.3) is 0 Å². The molecule has 0 saturated carbocycles. The van der Waals surface area contributed by atoms with Crippen LogP contribution in [-0.2, 0) is 9.53 Å². The highest BCUT2D eigenvalue weighted by molar-refractivity contribution is 5.94. The van der Waals surface area contributed by atoms with Crippen molar-refractivity contribution in [1.29, 1.82) is 0 Å². The van der Waals surface area contributed by atoms with E-state index in [9.17, 15) is 4.79 Å². The topological polar surface area (TPSA) is 26.3 Å². The van der Waals surface area contributed by atoms with Crippen LogP contribution in [0, 0.1) is 5.41 Å². The second-order valence-electron chi connectivity index (χ2n) is 3.57. The first kappa shape index (κ1) is 10.2. The van der Waals surface area contributed by atoms with Gasteiger partial charge in [0.15, 0.2) is 5.78 Å². The lowest BCUT2D eigenvalue weighted by atomic mass is 9.90. The molecule has 0 saturated heterocycles. The van der Waals surface area contributed by atoms with E-state index in [-0.39, 0.29) is 11.2 Å². The van der Waals surface area contributed by atoms with Crippen LogP contribution in [0.5, 0.6) is 0 Å². The number of hydrogen-bond acceptors (Lipinski definition) is 2. The SMILES string of the molecule is COC(C)=CC(=O)C(C)(C)C. The van der Waals surface area contributed by atoms with E-state index in [1.807, 2.05) is 20.8 Å². The third-order valence-electron chi connectivity index (χ3n) is 1.40. The van der Waals surface area contributed by atoms with Gasteiger partial charge in [0.1, 0.15) is 0 Å². The second kappa shape index (κ2) is 3.56. The Hall–Kier alpha value is -0.790. The van der Waals surface area contributed by atoms with E-state index in [1.54, 1.807) is 14.0 Å². The molecule has 0 spiro atoms. The summed E-state index contributed by atoms with van der Waals surface area (Å²) in [6.45, 7) is 7.42. The minimum Gasteiger partial charge on any atom is -0.501 e. The summed E-state index contributed by atoms with van der Waals surface area (Å²) in [5.74, 6) is 0.752. The normalized spacial score (nSPS) is 13.0. The van der Waals surface area contributed by atoms with Crippen molar-refractivity contribution in [1.82, 2.24) is 0 Å². The van der Waals surface area contributed by atoms with Crippen LogP contribution in [0.1, 0.15) is 27.7 Å². The molecule has 11 heavy (non-hydrogen) atoms. The van der Waals surface area contributed by atoms with Crippen LogP contribution >= 0.6 is 0 Å². The van der Waals surface area contributed by atoms with E-state index in [1.165, 1.54) is 6.08 Å². The van der Waals surface area contributed by atoms with E-state index >= 15 is 0 Å². The van der Waals surface area contributed by atoms with Gasteiger partial charge in [-0.3, -0.25) is 4.79 Å². The highest BCUT2D eigenvalue weighted by atomic mass is 16.5. The Morgan fingerprint density at radius 3 is 2.09 bits per heavy atom. The molecule has 0 aliphatic rings. The van der Waals surface area contributed by atoms with Crippen LogP contribution in [0.3, 0.4) is 0 Å². The molecule has 2 heteroatoms. The van der Waals surface area contributed by atoms with Crippen molar-refractivity contribution in [3.8, 4) is 0 Å². The van der Waals surface area contributed by atoms with Gasteiger partial charge in [-0.15, -0.1) is 0 Å². The molecule has 0 aliphatic carbocycles. The molecular weight excluding hydrogens is 140 g/mol. The predicted octanol–water partition coefficient (Wildman–Crippen LogP) is 2.15. The molecule has 0 aromatic heterocycles. The van der Waals surface area contributed by atoms with Crippen molar-refractivity contribution in [3.63, 3.8) is 0 Å². The fourth-order valence-electron chi connectivity index (χ4n) is 0.460. The highest BCUT2D eigenvalue weighted by Crippen LogP contribution is 2.16. The Balaban J connectivity index is 4.30. The van der Waals surface area contributed by atoms with E-state index in [0.29, 0.717) is 5.76 Å². The third kappa shape index (κ3) is 3.81. The Morgan fingerprint density at radius 2 is 1.82 bits per heavy atom. The molecule has 0 rings (SSSR count). The van der Waals surface area contributed by atoms with Gasteiger partial charge in [0, 0.05) is 11.5 Å². The van der Waals surface area contributed by atoms with E-state index in [2.05, 4.69) is 0 Å². The fraction of sp³-hybridized carbons (Fsp3) is 0.667. The van der Waals surface area contributed by atoms with Crippen molar-refractivity contribution in [3.05, 3.63) is 11.8 Å². The maximum absolute atomic E-state index is 11.3. The van der Waals surface area contributed by atoms with Gasteiger partial charge in [0.25, 0.3) is 0 Å². The summed E-state index contributed by atoms with van der Waals surface area (Å²) >= 11 is 0. The van der Waals surface area contributed by atoms with E-state index in [4.69, 9.17) is 4.74 Å². The predicted molar refractivity (Wildman–Crippen MR) is 45.2 cm³/mol. The van der Waals surface area contributed by atoms with Crippen LogP contribution in [0.2, 0.25) is 0 Å². The summed E-state index contributed by atoms with van der Waals surface area (Å²) < 4.78 is 4.86. The third-order valence-corrected chi connectivity index (χ3v) is 1.40. The molecule has 0 aromatic rings. The van der Waals surface area contributed by atoms with Crippen molar-refractivity contribution in [2.45, 2.75) is 27.7 Å². The molecule has 0 radical (unpaired) electrons. The Bertz CT molecular complexity index is 172. The van der Waals surface area contributed by atoms with Gasteiger partial charge in [-0.2, -0.15) is 0 Å². The molecule has 0 atom stereocenters. The van der Waals surface area contributed by atoms with Gasteiger partial charge >= 0.3 is 0 Å². The lowest BCUT2D eigenvalue weighted by Gasteiger charge is -2.13. The summed E-state index contributed by atoms with van der Waals surface area (Å²) in [5.41, 5.74) is -0.306. The zero-order chi connectivity index (χ0) is 9.07. The second-order valence-corrected chi connectivity index (χ2v) is 3.57. The lowest BCUT2D eigenvalue weighted by molar-refractivity contribution is -0.121. The molecule has 0 heterocycles. The molecule has 0 fully saturated rings. The van der Waals surface area contributed by atoms with Crippen molar-refractivity contribution >= 4 is 5.78 Å². The van der Waals surface area contributed by atoms with Gasteiger partial charge in [-0.1, -0.05) is 20.8 Å². The smallest absolute Gasteiger partial charge is 0.164 e. The summed E-state index contributed by atoms with van der Waals surface area (Å²) in [6.07, 6.45) is 1.53. The molecule has 0 aromatic carbocycles. The molecule has 0 amide bonds. The van der Waals surface area contributed by atoms with E-state index in [0.717, 1.165) is 0 Å². The summed E-state index contributed by atoms with van der Waals surface area (Å²) in [5, 5.41) is 0. The van der Waals surface area contributed by atoms with E-state index < -0.39 is 0 Å². The summed E-state index contributed by atoms with van der Waals surface area (Å²) in [7, 11) is 1.56. The number of ether oxygens (including phenoxy) is 1. The van der Waals surface area contributed by atoms with Crippen molar-refractivity contribution in [2.24, 2.45) is 5.41 Å². The number of methoxy groups -OCH3 is 1. The minimum absolute atomic E-state index is 0.0943. The maximum Gasteiger partial charge on any atom is 0.164 e. The average Bonchev–Trinajstić information content (AvgIpc) is 1.85. The fourth-order valence-corrected chi connectivity index (χ4v) is 0.460. The first-order valence-corrected chi connectivity index (χ1v) is 3.64. The maximum atomic E-state index is 11.3. The van der Waals surface area contributed by atoms with Crippen LogP contribution in [0.4, 0.5) is 0 Å². The van der Waals surface area contributed by atoms with Crippen LogP contribution in [-0.4, -0.2) is 12.9 Å². The standard InChI is InChI=1S/C9H16O2/c1-7(11-5)6-8(10)9(2,3)4/h6H,1-5H3. The average molecular weight is 156 g/mol. The largest absolute Gasteiger partial charge is 0.501 e. The Morgan fingerprint density at radius 1 is 1.36 bits per heavy atom. The number of rotatable bonds is 2. The first-order chi connectivity index (χ1) is 4.88. The first-order valence-electron chi connectivity index (χ1n) is 3.64. The number of carbonyl (C=O) groups is 1. The van der Waals surface area contributed by atoms with Gasteiger partial charge in [0.05, 0.1) is 12.9 Å². The molecular formula is C9H16O2. The van der Waals surface area contributed by atoms with Crippen LogP contribution < -0.4 is 0 Å². The van der Waals surface area contributed by atoms with Gasteiger partial charge in [-0.25, -0.2) is 0 Å². The molecule has 0 unspecified atom stereocenters. The van der Waals surface area contributed by atoms with Crippen molar-refractivity contribution < 1.29 is 9.53 Å². The zero-order valence-corrected chi connectivity index (χ0v) is 7.89. The molecule has 0 aliphatic heterocycles. The van der Waals surface area contributed by atoms with Gasteiger partial charge < -0.3 is 4.74 Å². The molecule has 64 valence electrons. The lowest BCUT2D eigenvalue weighted by Crippen LogP contribution is -2.17. The van der Waals surface area contributed by atoms with Gasteiger partial charge in [0.2, 0.25) is 0 Å². The van der Waals surface area contributed by atoms with Gasteiger partial charge in [-0.05, 0) is 6.92 Å². The number of carbonyl (C=O) groups excluding carboxylic acids is 1. The summed E-state index contributed by atoms with van der Waals surface area (Å²) in [6, 6.07) is 0. The summed E-state index contributed by atoms with van der Waals surface area (Å²) in [4.78, 5) is 11.3. The highest BCUT2D eigenvalue weighted by Gasteiger charge is 2.18. The van der Waals surface area contributed by atoms with Crippen LogP contribution in [0.15, 0.2) is 11.8 Å². The Labute approximate surface area is 68.2 Å². The number of ketones is 1. The Kier molecular flexibility index (Phi) is 3.30. The quantitative estimate of drug-likeness (QED) is 0.452. The monoisotopic (exact) mass is 156 g/mol. The molecule has 0 bridgehead atoms. The minimum atomic E-state index is -0.306. The van der Waals surface area contributed by atoms with Crippen molar-refractivity contribution in [2.75, 3.05) is 7.11 Å². The molecule has 0 N–H and O–H groups in total. The number of allylic oxidation sites excluding steroid dienone is 2. The zero-order valence-electron chi connectivity index (χ0n) is 7.89. The molecule has 2 nitrogen and oxygen atoms in total. The number of hydrogen-bond donors (Lipinski definition) is 0.